The van der Waals surface area contributed by atoms with Gasteiger partial charge in [-0.05, 0) is 61.2 Å². The minimum Gasteiger partial charge on any atom is -0.490 e. The van der Waals surface area contributed by atoms with Crippen LogP contribution in [0.1, 0.15) is 29.8 Å². The molecule has 0 bridgehead atoms. The number of pyridine rings is 1. The molecule has 4 rings (SSSR count). The Balaban J connectivity index is 1.46. The van der Waals surface area contributed by atoms with Gasteiger partial charge in [0.25, 0.3) is 5.91 Å². The number of hydrogen-bond donors (Lipinski definition) is 5. The number of furan rings is 1. The molecule has 0 aliphatic carbocycles. The number of ether oxygens (including phenoxy) is 1. The van der Waals surface area contributed by atoms with Gasteiger partial charge in [-0.3, -0.25) is 23.6 Å². The van der Waals surface area contributed by atoms with Gasteiger partial charge >= 0.3 is 0 Å². The molecule has 11 heteroatoms. The Morgan fingerprint density at radius 2 is 2.09 bits per heavy atom. The number of aromatic nitrogens is 1. The van der Waals surface area contributed by atoms with E-state index in [1.807, 2.05) is 13.8 Å². The Labute approximate surface area is 186 Å². The number of rotatable bonds is 6. The number of carbonyl (C=O) groups is 1. The van der Waals surface area contributed by atoms with Crippen molar-refractivity contribution < 1.29 is 23.1 Å². The predicted octanol–water partition coefficient (Wildman–Crippen LogP) is 3.64. The van der Waals surface area contributed by atoms with E-state index in [2.05, 4.69) is 19.4 Å². The second-order valence-corrected chi connectivity index (χ2v) is 9.23. The Morgan fingerprint density at radius 3 is 2.84 bits per heavy atom. The average Bonchev–Trinajstić information content (AvgIpc) is 3.26. The average molecular weight is 458 g/mol. The van der Waals surface area contributed by atoms with Crippen molar-refractivity contribution in [1.29, 1.82) is 0 Å². The Hall–Kier alpha value is -3.54. The first-order valence-corrected chi connectivity index (χ1v) is 11.1. The van der Waals surface area contributed by atoms with E-state index in [4.69, 9.17) is 14.9 Å². The van der Waals surface area contributed by atoms with Crippen molar-refractivity contribution in [3.8, 4) is 17.2 Å². The molecule has 0 fully saturated rings. The summed E-state index contributed by atoms with van der Waals surface area (Å²) in [5.74, 6) is 0.636. The Morgan fingerprint density at radius 1 is 1.28 bits per heavy atom. The zero-order valence-electron chi connectivity index (χ0n) is 17.4. The molecule has 0 spiro atoms. The van der Waals surface area contributed by atoms with Crippen molar-refractivity contribution in [1.82, 2.24) is 10.3 Å². The fourth-order valence-electron chi connectivity index (χ4n) is 3.16. The first kappa shape index (κ1) is 21.7. The second kappa shape index (κ2) is 8.19. The summed E-state index contributed by atoms with van der Waals surface area (Å²) in [7, 11) is -3.38. The number of hydrogen-bond acceptors (Lipinski definition) is 9. The van der Waals surface area contributed by atoms with Gasteiger partial charge in [-0.25, -0.2) is 0 Å². The highest BCUT2D eigenvalue weighted by Crippen LogP contribution is 2.46. The molecule has 0 radical (unpaired) electrons. The van der Waals surface area contributed by atoms with Gasteiger partial charge in [-0.1, -0.05) is 6.07 Å². The highest BCUT2D eigenvalue weighted by Gasteiger charge is 2.27. The number of nitrogens with one attached hydrogen (secondary N) is 2. The lowest BCUT2D eigenvalue weighted by molar-refractivity contribution is 0.0880. The van der Waals surface area contributed by atoms with Crippen molar-refractivity contribution in [2.24, 2.45) is 10.1 Å². The molecule has 2 aromatic heterocycles. The normalized spacial score (nSPS) is 15.7. The monoisotopic (exact) mass is 457 g/mol. The zero-order chi connectivity index (χ0) is 22.9. The van der Waals surface area contributed by atoms with Gasteiger partial charge in [-0.2, -0.15) is 0 Å². The molecular weight excluding hydrogens is 434 g/mol. The zero-order valence-corrected chi connectivity index (χ0v) is 18.2. The molecule has 6 N–H and O–H groups in total. The van der Waals surface area contributed by atoms with Crippen LogP contribution in [0.15, 0.2) is 63.7 Å². The van der Waals surface area contributed by atoms with E-state index in [1.165, 1.54) is 0 Å². The molecule has 10 nitrogen and oxygen atoms in total. The number of carbonyl (C=O) groups excluding carboxylic acids is 1. The van der Waals surface area contributed by atoms with E-state index in [9.17, 15) is 13.9 Å². The fourth-order valence-corrected chi connectivity index (χ4v) is 4.03. The lowest BCUT2D eigenvalue weighted by Gasteiger charge is -2.34. The lowest BCUT2D eigenvalue weighted by atomic mass is 10.1. The van der Waals surface area contributed by atoms with Crippen LogP contribution in [-0.2, 0) is 0 Å². The molecule has 168 valence electrons. The number of benzene rings is 1. The van der Waals surface area contributed by atoms with Crippen LogP contribution in [0, 0.1) is 0 Å². The number of amidine groups is 1. The Bertz CT molecular complexity index is 1180. The van der Waals surface area contributed by atoms with Crippen LogP contribution in [0.25, 0.3) is 11.5 Å². The number of amides is 1. The summed E-state index contributed by atoms with van der Waals surface area (Å²) >= 11 is 0. The maximum Gasteiger partial charge on any atom is 0.251 e. The highest BCUT2D eigenvalue weighted by molar-refractivity contribution is 8.24. The molecule has 1 aliphatic heterocycles. The first-order chi connectivity index (χ1) is 15.1. The molecule has 0 saturated heterocycles. The third kappa shape index (κ3) is 4.69. The molecule has 0 atom stereocenters. The molecule has 1 aromatic carbocycles. The fraction of sp³-hybridized carbons (Fsp3) is 0.190. The van der Waals surface area contributed by atoms with Crippen LogP contribution in [0.2, 0.25) is 0 Å². The second-order valence-electron chi connectivity index (χ2n) is 7.81. The predicted molar refractivity (Wildman–Crippen MR) is 123 cm³/mol. The summed E-state index contributed by atoms with van der Waals surface area (Å²) in [6.07, 6.45) is 3.09. The van der Waals surface area contributed by atoms with E-state index in [0.29, 0.717) is 34.0 Å². The van der Waals surface area contributed by atoms with Crippen molar-refractivity contribution in [2.75, 3.05) is 11.3 Å². The topological polar surface area (TPSA) is 155 Å². The summed E-state index contributed by atoms with van der Waals surface area (Å²) in [6, 6.07) is 11.8. The van der Waals surface area contributed by atoms with E-state index in [0.717, 1.165) is 0 Å². The van der Waals surface area contributed by atoms with Crippen molar-refractivity contribution in [3.63, 3.8) is 0 Å². The maximum atomic E-state index is 12.8. The van der Waals surface area contributed by atoms with Crippen LogP contribution in [0.3, 0.4) is 0 Å². The third-order valence-corrected chi connectivity index (χ3v) is 5.54. The van der Waals surface area contributed by atoms with Gasteiger partial charge in [0, 0.05) is 11.8 Å². The molecule has 0 saturated carbocycles. The molecular formula is C21H23N5O5S. The SMILES string of the molecule is CC(C)(COc1cccc2c1C(N)=NS(O)(O)N2)NC(=O)c1ccnc(-c2ccco2)c1. The number of anilines is 1. The van der Waals surface area contributed by atoms with Gasteiger partial charge in [0.1, 0.15) is 18.1 Å². The largest absolute Gasteiger partial charge is 0.490 e. The van der Waals surface area contributed by atoms with E-state index in [-0.39, 0.29) is 18.3 Å². The molecule has 1 amide bonds. The van der Waals surface area contributed by atoms with Gasteiger partial charge in [0.2, 0.25) is 0 Å². The van der Waals surface area contributed by atoms with Crippen LogP contribution in [-0.4, -0.2) is 38.0 Å². The van der Waals surface area contributed by atoms with Crippen LogP contribution < -0.4 is 20.5 Å². The van der Waals surface area contributed by atoms with Gasteiger partial charge < -0.3 is 20.2 Å². The minimum absolute atomic E-state index is 0.0431. The van der Waals surface area contributed by atoms with Crippen LogP contribution >= 0.6 is 11.0 Å². The highest BCUT2D eigenvalue weighted by atomic mass is 32.3. The van der Waals surface area contributed by atoms with Crippen LogP contribution in [0.5, 0.6) is 5.75 Å². The molecule has 3 aromatic rings. The minimum atomic E-state index is -3.38. The van der Waals surface area contributed by atoms with Crippen molar-refractivity contribution >= 4 is 28.4 Å². The van der Waals surface area contributed by atoms with E-state index in [1.54, 1.807) is 54.9 Å². The van der Waals surface area contributed by atoms with E-state index >= 15 is 0 Å². The molecule has 0 unspecified atom stereocenters. The summed E-state index contributed by atoms with van der Waals surface area (Å²) in [5.41, 5.74) is 7.00. The smallest absolute Gasteiger partial charge is 0.251 e. The lowest BCUT2D eigenvalue weighted by Crippen LogP contribution is -2.48. The van der Waals surface area contributed by atoms with Gasteiger partial charge in [0.05, 0.1) is 23.1 Å². The summed E-state index contributed by atoms with van der Waals surface area (Å²) in [5, 5.41) is 2.94. The standard InChI is InChI=1S/C21H23N5O5S/c1-21(2,24-20(27)13-8-9-23-15(11-13)16-7-4-10-30-16)12-31-17-6-3-5-14-18(17)19(22)26-32(28,29)25-14/h3-11,25,28-29H,12H2,1-2H3,(H2,22,26)(H,24,27). The molecule has 1 aliphatic rings. The van der Waals surface area contributed by atoms with E-state index < -0.39 is 16.5 Å². The number of nitrogens with two attached hydrogens (primary N) is 1. The van der Waals surface area contributed by atoms with Crippen molar-refractivity contribution in [3.05, 3.63) is 66.1 Å². The van der Waals surface area contributed by atoms with Gasteiger partial charge in [0.15, 0.2) is 11.6 Å². The maximum absolute atomic E-state index is 12.8. The summed E-state index contributed by atoms with van der Waals surface area (Å²) < 4.78 is 37.1. The third-order valence-electron chi connectivity index (χ3n) is 4.59. The summed E-state index contributed by atoms with van der Waals surface area (Å²) in [4.78, 5) is 17.1. The number of fused-ring (bicyclic) bond motifs is 1. The van der Waals surface area contributed by atoms with Crippen molar-refractivity contribution in [2.45, 2.75) is 19.4 Å². The quantitative estimate of drug-likeness (QED) is 0.376. The van der Waals surface area contributed by atoms with Gasteiger partial charge in [-0.15, -0.1) is 4.40 Å². The summed E-state index contributed by atoms with van der Waals surface area (Å²) in [6.45, 7) is 3.76. The first-order valence-electron chi connectivity index (χ1n) is 9.63. The molecule has 3 heterocycles. The Kier molecular flexibility index (Phi) is 5.55. The van der Waals surface area contributed by atoms with Crippen LogP contribution in [0.4, 0.5) is 5.69 Å². The number of nitrogens with zero attached hydrogens (tertiary/aromatic N) is 2. The molecule has 32 heavy (non-hydrogen) atoms.